The van der Waals surface area contributed by atoms with Crippen molar-refractivity contribution in [3.05, 3.63) is 29.8 Å². The number of urea groups is 1. The molecule has 0 aromatic heterocycles. The second kappa shape index (κ2) is 4.62. The number of anilines is 1. The highest BCUT2D eigenvalue weighted by molar-refractivity contribution is 6.21. The first-order valence-corrected chi connectivity index (χ1v) is 6.33. The highest BCUT2D eigenvalue weighted by Crippen LogP contribution is 2.32. The van der Waals surface area contributed by atoms with Crippen LogP contribution in [-0.2, 0) is 9.53 Å². The maximum absolute atomic E-state index is 12.4. The van der Waals surface area contributed by atoms with Gasteiger partial charge in [-0.25, -0.2) is 9.69 Å². The molecular formula is C14H13N3O3. The molecule has 0 aliphatic carbocycles. The second-order valence-electron chi connectivity index (χ2n) is 4.88. The van der Waals surface area contributed by atoms with Crippen molar-refractivity contribution < 1.29 is 14.3 Å². The van der Waals surface area contributed by atoms with E-state index >= 15 is 0 Å². The molecule has 3 amide bonds. The minimum Gasteiger partial charge on any atom is -0.380 e. The summed E-state index contributed by atoms with van der Waals surface area (Å²) in [6.07, 6.45) is 0.462. The van der Waals surface area contributed by atoms with Gasteiger partial charge in [-0.3, -0.25) is 4.79 Å². The molecule has 102 valence electrons. The quantitative estimate of drug-likeness (QED) is 0.755. The highest BCUT2D eigenvalue weighted by Gasteiger charge is 2.51. The summed E-state index contributed by atoms with van der Waals surface area (Å²) in [5.74, 6) is -0.223. The number of hydrogen-bond donors (Lipinski definition) is 0. The van der Waals surface area contributed by atoms with Gasteiger partial charge in [0.1, 0.15) is 6.04 Å². The van der Waals surface area contributed by atoms with Crippen LogP contribution in [0.2, 0.25) is 0 Å². The minimum atomic E-state index is -0.428. The molecule has 1 aromatic carbocycles. The second-order valence-corrected chi connectivity index (χ2v) is 4.88. The van der Waals surface area contributed by atoms with E-state index in [1.807, 2.05) is 6.07 Å². The molecule has 3 rings (SSSR count). The molecule has 1 aromatic rings. The zero-order valence-electron chi connectivity index (χ0n) is 10.9. The maximum Gasteiger partial charge on any atom is 0.332 e. The lowest BCUT2D eigenvalue weighted by atomic mass is 10.1. The van der Waals surface area contributed by atoms with Crippen molar-refractivity contribution in [2.45, 2.75) is 18.6 Å². The molecule has 2 aliphatic rings. The lowest BCUT2D eigenvalue weighted by Crippen LogP contribution is -2.35. The molecule has 0 saturated carbocycles. The number of amides is 3. The number of hydrogen-bond acceptors (Lipinski definition) is 4. The summed E-state index contributed by atoms with van der Waals surface area (Å²) in [6, 6.07) is 7.68. The van der Waals surface area contributed by atoms with Crippen LogP contribution < -0.4 is 4.90 Å². The maximum atomic E-state index is 12.4. The molecule has 20 heavy (non-hydrogen) atoms. The van der Waals surface area contributed by atoms with Gasteiger partial charge >= 0.3 is 6.03 Å². The molecule has 0 radical (unpaired) electrons. The Hall–Kier alpha value is -2.39. The van der Waals surface area contributed by atoms with E-state index in [-0.39, 0.29) is 18.0 Å². The van der Waals surface area contributed by atoms with Crippen molar-refractivity contribution in [2.75, 3.05) is 18.6 Å². The van der Waals surface area contributed by atoms with E-state index in [9.17, 15) is 9.59 Å². The number of nitriles is 1. The number of rotatable bonds is 2. The van der Waals surface area contributed by atoms with Gasteiger partial charge in [0, 0.05) is 20.1 Å². The fourth-order valence-electron chi connectivity index (χ4n) is 2.71. The molecule has 6 heteroatoms. The number of fused-ring (bicyclic) bond motifs is 1. The third kappa shape index (κ3) is 1.75. The summed E-state index contributed by atoms with van der Waals surface area (Å²) in [5.41, 5.74) is 0.996. The van der Waals surface area contributed by atoms with Gasteiger partial charge in [0.15, 0.2) is 0 Å². The fourth-order valence-corrected chi connectivity index (χ4v) is 2.71. The van der Waals surface area contributed by atoms with Crippen LogP contribution in [0, 0.1) is 11.3 Å². The zero-order valence-corrected chi connectivity index (χ0v) is 10.9. The van der Waals surface area contributed by atoms with Crippen LogP contribution in [0.25, 0.3) is 0 Å². The highest BCUT2D eigenvalue weighted by atomic mass is 16.5. The summed E-state index contributed by atoms with van der Waals surface area (Å²) in [6.45, 7) is 0.443. The monoisotopic (exact) mass is 271 g/mol. The smallest absolute Gasteiger partial charge is 0.332 e. The van der Waals surface area contributed by atoms with Gasteiger partial charge in [-0.05, 0) is 24.3 Å². The molecule has 0 N–H and O–H groups in total. The van der Waals surface area contributed by atoms with E-state index in [0.29, 0.717) is 24.2 Å². The van der Waals surface area contributed by atoms with E-state index in [1.54, 1.807) is 36.3 Å². The van der Waals surface area contributed by atoms with Crippen molar-refractivity contribution in [1.82, 2.24) is 4.90 Å². The first kappa shape index (κ1) is 12.6. The number of carbonyl (C=O) groups excluding carboxylic acids is 2. The van der Waals surface area contributed by atoms with Gasteiger partial charge < -0.3 is 9.64 Å². The van der Waals surface area contributed by atoms with Gasteiger partial charge in [-0.15, -0.1) is 0 Å². The first-order chi connectivity index (χ1) is 9.65. The average molecular weight is 271 g/mol. The molecule has 2 aliphatic heterocycles. The number of nitrogens with zero attached hydrogens (tertiary/aromatic N) is 3. The Morgan fingerprint density at radius 2 is 2.00 bits per heavy atom. The largest absolute Gasteiger partial charge is 0.380 e. The van der Waals surface area contributed by atoms with E-state index in [2.05, 4.69) is 0 Å². The molecule has 2 fully saturated rings. The van der Waals surface area contributed by atoms with E-state index in [1.165, 1.54) is 4.90 Å². The summed E-state index contributed by atoms with van der Waals surface area (Å²) in [4.78, 5) is 27.4. The molecule has 0 bridgehead atoms. The minimum absolute atomic E-state index is 0.0731. The first-order valence-electron chi connectivity index (χ1n) is 6.33. The van der Waals surface area contributed by atoms with Crippen molar-refractivity contribution >= 4 is 17.6 Å². The summed E-state index contributed by atoms with van der Waals surface area (Å²) in [7, 11) is 1.58. The summed E-state index contributed by atoms with van der Waals surface area (Å²) in [5, 5.41) is 8.77. The van der Waals surface area contributed by atoms with Crippen LogP contribution in [0.5, 0.6) is 0 Å². The van der Waals surface area contributed by atoms with Crippen molar-refractivity contribution in [3.8, 4) is 6.07 Å². The fraction of sp³-hybridized carbons (Fsp3) is 0.357. The van der Waals surface area contributed by atoms with Crippen LogP contribution in [-0.4, -0.2) is 42.6 Å². The van der Waals surface area contributed by atoms with Crippen LogP contribution in [0.4, 0.5) is 10.5 Å². The van der Waals surface area contributed by atoms with E-state index < -0.39 is 6.04 Å². The molecular weight excluding hydrogens is 258 g/mol. The molecule has 0 spiro atoms. The number of imide groups is 1. The third-order valence-corrected chi connectivity index (χ3v) is 3.79. The lowest BCUT2D eigenvalue weighted by molar-refractivity contribution is -0.119. The van der Waals surface area contributed by atoms with Crippen LogP contribution >= 0.6 is 0 Å². The Balaban J connectivity index is 1.88. The van der Waals surface area contributed by atoms with Crippen LogP contribution in [0.3, 0.4) is 0 Å². The summed E-state index contributed by atoms with van der Waals surface area (Å²) < 4.78 is 5.21. The van der Waals surface area contributed by atoms with Gasteiger partial charge in [0.25, 0.3) is 5.91 Å². The Morgan fingerprint density at radius 3 is 2.55 bits per heavy atom. The van der Waals surface area contributed by atoms with Gasteiger partial charge in [0.05, 0.1) is 23.4 Å². The molecule has 2 unspecified atom stereocenters. The molecule has 2 atom stereocenters. The number of benzene rings is 1. The van der Waals surface area contributed by atoms with Gasteiger partial charge in [0.2, 0.25) is 0 Å². The zero-order chi connectivity index (χ0) is 14.3. The topological polar surface area (TPSA) is 73.6 Å². The van der Waals surface area contributed by atoms with Gasteiger partial charge in [-0.2, -0.15) is 5.26 Å². The summed E-state index contributed by atoms with van der Waals surface area (Å²) >= 11 is 0. The Labute approximate surface area is 116 Å². The average Bonchev–Trinajstić information content (AvgIpc) is 3.00. The molecule has 2 heterocycles. The van der Waals surface area contributed by atoms with Crippen molar-refractivity contribution in [2.24, 2.45) is 0 Å². The van der Waals surface area contributed by atoms with E-state index in [0.717, 1.165) is 0 Å². The normalized spacial score (nSPS) is 25.0. The number of methoxy groups -OCH3 is 1. The van der Waals surface area contributed by atoms with Crippen LogP contribution in [0.1, 0.15) is 12.0 Å². The Morgan fingerprint density at radius 1 is 1.30 bits per heavy atom. The predicted octanol–water partition coefficient (Wildman–Crippen LogP) is 1.11. The Bertz CT molecular complexity index is 581. The SMILES string of the molecule is COC1CC2C(=O)N(c3ccc(C#N)cc3)C(=O)N2C1. The van der Waals surface area contributed by atoms with Crippen molar-refractivity contribution in [3.63, 3.8) is 0 Å². The third-order valence-electron chi connectivity index (χ3n) is 3.79. The van der Waals surface area contributed by atoms with Crippen molar-refractivity contribution in [1.29, 1.82) is 5.26 Å². The number of carbonyl (C=O) groups is 2. The van der Waals surface area contributed by atoms with E-state index in [4.69, 9.17) is 10.00 Å². The van der Waals surface area contributed by atoms with Crippen LogP contribution in [0.15, 0.2) is 24.3 Å². The Kier molecular flexibility index (Phi) is 2.92. The predicted molar refractivity (Wildman–Crippen MR) is 69.9 cm³/mol. The number of ether oxygens (including phenoxy) is 1. The molecule has 2 saturated heterocycles. The van der Waals surface area contributed by atoms with Gasteiger partial charge in [-0.1, -0.05) is 0 Å². The lowest BCUT2D eigenvalue weighted by Gasteiger charge is -2.17. The molecule has 6 nitrogen and oxygen atoms in total. The standard InChI is InChI=1S/C14H13N3O3/c1-20-11-6-12-13(18)17(14(19)16(12)8-11)10-4-2-9(7-15)3-5-10/h2-5,11-12H,6,8H2,1H3.